The minimum Gasteiger partial charge on any atom is -0.495 e. The summed E-state index contributed by atoms with van der Waals surface area (Å²) in [5.74, 6) is -0.188. The number of aryl methyl sites for hydroxylation is 1. The number of carbonyl (C=O) groups is 1. The highest BCUT2D eigenvalue weighted by Gasteiger charge is 2.29. The summed E-state index contributed by atoms with van der Waals surface area (Å²) in [5.41, 5.74) is 2.41. The van der Waals surface area contributed by atoms with Crippen molar-refractivity contribution in [1.29, 1.82) is 0 Å². The third-order valence-corrected chi connectivity index (χ3v) is 3.62. The maximum Gasteiger partial charge on any atom is 0.304 e. The lowest BCUT2D eigenvalue weighted by molar-refractivity contribution is -0.138. The van der Waals surface area contributed by atoms with Crippen molar-refractivity contribution in [3.8, 4) is 5.75 Å². The summed E-state index contributed by atoms with van der Waals surface area (Å²) < 4.78 is 5.21. The van der Waals surface area contributed by atoms with E-state index in [1.807, 2.05) is 33.8 Å². The number of carboxylic acid groups (broad SMARTS) is 1. The third-order valence-electron chi connectivity index (χ3n) is 3.15. The van der Waals surface area contributed by atoms with Gasteiger partial charge in [-0.15, -0.1) is 0 Å². The molecule has 1 rings (SSSR count). The highest BCUT2D eigenvalue weighted by Crippen LogP contribution is 2.39. The van der Waals surface area contributed by atoms with Crippen molar-refractivity contribution in [2.24, 2.45) is 0 Å². The minimum absolute atomic E-state index is 0.0668. The Balaban J connectivity index is 3.42. The van der Waals surface area contributed by atoms with Gasteiger partial charge in [-0.05, 0) is 36.6 Å². The first-order valence-electron chi connectivity index (χ1n) is 5.76. The topological polar surface area (TPSA) is 46.5 Å². The molecule has 0 unspecified atom stereocenters. The van der Waals surface area contributed by atoms with Crippen molar-refractivity contribution in [2.75, 3.05) is 7.11 Å². The summed E-state index contributed by atoms with van der Waals surface area (Å²) in [5, 5.41) is 9.56. The second-order valence-electron chi connectivity index (χ2n) is 5.16. The quantitative estimate of drug-likeness (QED) is 0.907. The third kappa shape index (κ3) is 2.78. The molecule has 0 aliphatic carbocycles. The van der Waals surface area contributed by atoms with Crippen molar-refractivity contribution in [2.45, 2.75) is 39.5 Å². The molecule has 1 aromatic carbocycles. The number of carboxylic acids is 1. The van der Waals surface area contributed by atoms with Gasteiger partial charge in [0.1, 0.15) is 5.75 Å². The van der Waals surface area contributed by atoms with Gasteiger partial charge in [-0.25, -0.2) is 0 Å². The van der Waals surface area contributed by atoms with Crippen molar-refractivity contribution in [3.63, 3.8) is 0 Å². The lowest BCUT2D eigenvalue weighted by Crippen LogP contribution is -2.24. The Morgan fingerprint density at radius 1 is 1.44 bits per heavy atom. The lowest BCUT2D eigenvalue weighted by Gasteiger charge is -2.28. The Labute approximate surface area is 113 Å². The van der Waals surface area contributed by atoms with Crippen LogP contribution in [-0.2, 0) is 10.2 Å². The Morgan fingerprint density at radius 2 is 2.00 bits per heavy atom. The highest BCUT2D eigenvalue weighted by molar-refractivity contribution is 6.33. The smallest absolute Gasteiger partial charge is 0.304 e. The van der Waals surface area contributed by atoms with Crippen molar-refractivity contribution in [3.05, 3.63) is 27.8 Å². The summed E-state index contributed by atoms with van der Waals surface area (Å²) in [6, 6.07) is 1.86. The molecule has 0 amide bonds. The Kier molecular flexibility index (Phi) is 4.28. The van der Waals surface area contributed by atoms with E-state index in [0.717, 1.165) is 16.7 Å². The zero-order valence-electron chi connectivity index (χ0n) is 11.4. The van der Waals surface area contributed by atoms with Crippen molar-refractivity contribution >= 4 is 17.6 Å². The van der Waals surface area contributed by atoms with Gasteiger partial charge in [0.25, 0.3) is 0 Å². The molecule has 1 aromatic rings. The minimum atomic E-state index is -0.814. The predicted octanol–water partition coefficient (Wildman–Crippen LogP) is 3.72. The summed E-state index contributed by atoms with van der Waals surface area (Å²) in [6.45, 7) is 7.68. The van der Waals surface area contributed by atoms with Crippen LogP contribution in [0.4, 0.5) is 0 Å². The number of benzene rings is 1. The first-order chi connectivity index (χ1) is 8.20. The fourth-order valence-corrected chi connectivity index (χ4v) is 2.80. The molecule has 0 aliphatic heterocycles. The number of hydrogen-bond donors (Lipinski definition) is 1. The molecule has 1 N–H and O–H groups in total. The Bertz CT molecular complexity index is 478. The maximum atomic E-state index is 11.0. The van der Waals surface area contributed by atoms with Gasteiger partial charge < -0.3 is 9.84 Å². The molecule has 0 spiro atoms. The van der Waals surface area contributed by atoms with E-state index in [2.05, 4.69) is 0 Å². The summed E-state index contributed by atoms with van der Waals surface area (Å²) in [7, 11) is 1.57. The van der Waals surface area contributed by atoms with Gasteiger partial charge in [0.15, 0.2) is 0 Å². The van der Waals surface area contributed by atoms with Crippen LogP contribution in [0.1, 0.15) is 37.0 Å². The van der Waals surface area contributed by atoms with Gasteiger partial charge in [0.2, 0.25) is 0 Å². The molecule has 4 heteroatoms. The molecule has 0 bridgehead atoms. The van der Waals surface area contributed by atoms with Crippen LogP contribution in [-0.4, -0.2) is 18.2 Å². The first-order valence-corrected chi connectivity index (χ1v) is 6.14. The van der Waals surface area contributed by atoms with Gasteiger partial charge in [-0.2, -0.15) is 0 Å². The molecule has 0 aliphatic rings. The summed E-state index contributed by atoms with van der Waals surface area (Å²) in [6.07, 6.45) is 0.0668. The second kappa shape index (κ2) is 5.19. The van der Waals surface area contributed by atoms with Gasteiger partial charge in [-0.3, -0.25) is 4.79 Å². The van der Waals surface area contributed by atoms with E-state index < -0.39 is 11.4 Å². The average Bonchev–Trinajstić information content (AvgIpc) is 2.21. The number of aliphatic carboxylic acids is 1. The number of methoxy groups -OCH3 is 1. The molecular weight excluding hydrogens is 252 g/mol. The van der Waals surface area contributed by atoms with Crippen LogP contribution in [0.5, 0.6) is 5.75 Å². The van der Waals surface area contributed by atoms with E-state index in [0.29, 0.717) is 10.8 Å². The average molecular weight is 271 g/mol. The van der Waals surface area contributed by atoms with Crippen LogP contribution in [0, 0.1) is 13.8 Å². The molecule has 100 valence electrons. The van der Waals surface area contributed by atoms with E-state index in [9.17, 15) is 4.79 Å². The van der Waals surface area contributed by atoms with Gasteiger partial charge in [-0.1, -0.05) is 25.4 Å². The largest absolute Gasteiger partial charge is 0.495 e. The summed E-state index contributed by atoms with van der Waals surface area (Å²) >= 11 is 6.24. The highest BCUT2D eigenvalue weighted by atomic mass is 35.5. The monoisotopic (exact) mass is 270 g/mol. The van der Waals surface area contributed by atoms with Crippen LogP contribution in [0.15, 0.2) is 6.07 Å². The van der Waals surface area contributed by atoms with E-state index in [1.54, 1.807) is 7.11 Å². The van der Waals surface area contributed by atoms with Crippen LogP contribution in [0.2, 0.25) is 5.02 Å². The molecular formula is C14H19ClO3. The van der Waals surface area contributed by atoms with Crippen LogP contribution in [0.3, 0.4) is 0 Å². The maximum absolute atomic E-state index is 11.0. The molecule has 3 nitrogen and oxygen atoms in total. The summed E-state index contributed by atoms with van der Waals surface area (Å²) in [4.78, 5) is 11.0. The van der Waals surface area contributed by atoms with E-state index >= 15 is 0 Å². The molecule has 0 saturated carbocycles. The van der Waals surface area contributed by atoms with Gasteiger partial charge in [0.05, 0.1) is 18.6 Å². The fourth-order valence-electron chi connectivity index (χ4n) is 2.58. The molecule has 0 heterocycles. The number of ether oxygens (including phenoxy) is 1. The molecule has 0 radical (unpaired) electrons. The molecule has 0 aromatic heterocycles. The van der Waals surface area contributed by atoms with Crippen LogP contribution >= 0.6 is 11.6 Å². The normalized spacial score (nSPS) is 11.4. The van der Waals surface area contributed by atoms with Crippen LogP contribution in [0.25, 0.3) is 0 Å². The van der Waals surface area contributed by atoms with Crippen LogP contribution < -0.4 is 4.74 Å². The second-order valence-corrected chi connectivity index (χ2v) is 5.54. The van der Waals surface area contributed by atoms with Gasteiger partial charge in [0, 0.05) is 5.41 Å². The molecule has 0 fully saturated rings. The zero-order valence-corrected chi connectivity index (χ0v) is 12.2. The van der Waals surface area contributed by atoms with E-state index in [-0.39, 0.29) is 6.42 Å². The lowest BCUT2D eigenvalue weighted by atomic mass is 9.77. The van der Waals surface area contributed by atoms with Gasteiger partial charge >= 0.3 is 5.97 Å². The Hall–Kier alpha value is -1.22. The fraction of sp³-hybridized carbons (Fsp3) is 0.500. The molecule has 0 atom stereocenters. The SMILES string of the molecule is COc1cc(C)c(C(C)(C)CC(=O)O)c(C)c1Cl. The number of hydrogen-bond acceptors (Lipinski definition) is 2. The van der Waals surface area contributed by atoms with Crippen molar-refractivity contribution in [1.82, 2.24) is 0 Å². The van der Waals surface area contributed by atoms with E-state index in [1.165, 1.54) is 0 Å². The molecule has 0 saturated heterocycles. The zero-order chi connectivity index (χ0) is 14.1. The first kappa shape index (κ1) is 14.8. The van der Waals surface area contributed by atoms with E-state index in [4.69, 9.17) is 21.4 Å². The number of rotatable bonds is 4. The van der Waals surface area contributed by atoms with Crippen molar-refractivity contribution < 1.29 is 14.6 Å². The Morgan fingerprint density at radius 3 is 2.44 bits per heavy atom. The predicted molar refractivity (Wildman–Crippen MR) is 72.8 cm³/mol. The number of halogens is 1. The standard InChI is InChI=1S/C14H19ClO3/c1-8-6-10(18-5)13(15)9(2)12(8)14(3,4)7-11(16)17/h6H,7H2,1-5H3,(H,16,17). The molecule has 18 heavy (non-hydrogen) atoms.